The highest BCUT2D eigenvalue weighted by molar-refractivity contribution is 5.67. The second kappa shape index (κ2) is 6.09. The van der Waals surface area contributed by atoms with E-state index in [0.29, 0.717) is 12.1 Å². The lowest BCUT2D eigenvalue weighted by Crippen LogP contribution is -2.37. The molecule has 0 saturated carbocycles. The summed E-state index contributed by atoms with van der Waals surface area (Å²) in [7, 11) is 1.34. The van der Waals surface area contributed by atoms with Gasteiger partial charge in [0, 0.05) is 30.4 Å². The van der Waals surface area contributed by atoms with Gasteiger partial charge < -0.3 is 20.7 Å². The van der Waals surface area contributed by atoms with Crippen LogP contribution in [0.4, 0.5) is 14.9 Å². The summed E-state index contributed by atoms with van der Waals surface area (Å²) in [5, 5.41) is 2.76. The summed E-state index contributed by atoms with van der Waals surface area (Å²) in [5.74, 6) is -0.290. The number of hydrogen-bond donors (Lipinski definition) is 2. The average Bonchev–Trinajstić information content (AvgIpc) is 2.86. The first kappa shape index (κ1) is 14.6. The van der Waals surface area contributed by atoms with Crippen LogP contribution in [0.5, 0.6) is 0 Å². The molecule has 2 rings (SSSR count). The molecule has 2 atom stereocenters. The molecule has 1 heterocycles. The molecule has 6 heteroatoms. The van der Waals surface area contributed by atoms with Crippen LogP contribution < -0.4 is 16.0 Å². The molecule has 0 spiro atoms. The SMILES string of the molecule is COC(=O)NC1CCN(c2cccc(F)c2[C@@H](C)N)C1. The molecule has 20 heavy (non-hydrogen) atoms. The van der Waals surface area contributed by atoms with Crippen molar-refractivity contribution in [1.82, 2.24) is 5.32 Å². The number of amides is 1. The molecule has 0 aromatic heterocycles. The van der Waals surface area contributed by atoms with Crippen LogP contribution in [0.25, 0.3) is 0 Å². The Hall–Kier alpha value is -1.82. The lowest BCUT2D eigenvalue weighted by molar-refractivity contribution is 0.167. The van der Waals surface area contributed by atoms with E-state index in [9.17, 15) is 9.18 Å². The van der Waals surface area contributed by atoms with Crippen LogP contribution >= 0.6 is 0 Å². The van der Waals surface area contributed by atoms with E-state index >= 15 is 0 Å². The third-order valence-corrected chi connectivity index (χ3v) is 3.52. The van der Waals surface area contributed by atoms with E-state index in [1.165, 1.54) is 13.2 Å². The third-order valence-electron chi connectivity index (χ3n) is 3.52. The van der Waals surface area contributed by atoms with E-state index in [0.717, 1.165) is 18.7 Å². The van der Waals surface area contributed by atoms with Gasteiger partial charge in [0.15, 0.2) is 0 Å². The highest BCUT2D eigenvalue weighted by Crippen LogP contribution is 2.30. The van der Waals surface area contributed by atoms with Crippen molar-refractivity contribution in [1.29, 1.82) is 0 Å². The van der Waals surface area contributed by atoms with Crippen molar-refractivity contribution in [3.05, 3.63) is 29.6 Å². The second-order valence-electron chi connectivity index (χ2n) is 5.03. The third kappa shape index (κ3) is 3.01. The van der Waals surface area contributed by atoms with Crippen molar-refractivity contribution in [2.75, 3.05) is 25.1 Å². The first-order valence-corrected chi connectivity index (χ1v) is 6.66. The van der Waals surface area contributed by atoms with Crippen LogP contribution in [0.2, 0.25) is 0 Å². The Morgan fingerprint density at radius 3 is 3.00 bits per heavy atom. The van der Waals surface area contributed by atoms with E-state index in [-0.39, 0.29) is 17.9 Å². The van der Waals surface area contributed by atoms with Gasteiger partial charge in [-0.3, -0.25) is 0 Å². The van der Waals surface area contributed by atoms with Gasteiger partial charge in [0.05, 0.1) is 13.2 Å². The van der Waals surface area contributed by atoms with Crippen molar-refractivity contribution >= 4 is 11.8 Å². The van der Waals surface area contributed by atoms with Crippen molar-refractivity contribution in [3.8, 4) is 0 Å². The standard InChI is InChI=1S/C14H20FN3O2/c1-9(16)13-11(15)4-3-5-12(13)18-7-6-10(8-18)17-14(19)20-2/h3-5,9-10H,6-8,16H2,1-2H3,(H,17,19)/t9-,10?/m1/s1. The largest absolute Gasteiger partial charge is 0.453 e. The van der Waals surface area contributed by atoms with Gasteiger partial charge in [-0.2, -0.15) is 0 Å². The van der Waals surface area contributed by atoms with Gasteiger partial charge in [0.2, 0.25) is 0 Å². The quantitative estimate of drug-likeness (QED) is 0.886. The van der Waals surface area contributed by atoms with E-state index in [2.05, 4.69) is 10.1 Å². The van der Waals surface area contributed by atoms with Crippen molar-refractivity contribution in [2.24, 2.45) is 5.73 Å². The minimum atomic E-state index is -0.441. The Labute approximate surface area is 117 Å². The number of carbonyl (C=O) groups excluding carboxylic acids is 1. The number of hydrogen-bond acceptors (Lipinski definition) is 4. The highest BCUT2D eigenvalue weighted by atomic mass is 19.1. The van der Waals surface area contributed by atoms with Crippen LogP contribution in [0.15, 0.2) is 18.2 Å². The number of methoxy groups -OCH3 is 1. The highest BCUT2D eigenvalue weighted by Gasteiger charge is 2.27. The van der Waals surface area contributed by atoms with Crippen molar-refractivity contribution < 1.29 is 13.9 Å². The van der Waals surface area contributed by atoms with E-state index < -0.39 is 6.09 Å². The van der Waals surface area contributed by atoms with Gasteiger partial charge in [0.1, 0.15) is 5.82 Å². The molecule has 1 unspecified atom stereocenters. The molecule has 5 nitrogen and oxygen atoms in total. The fraction of sp³-hybridized carbons (Fsp3) is 0.500. The maximum Gasteiger partial charge on any atom is 0.407 e. The lowest BCUT2D eigenvalue weighted by atomic mass is 10.1. The topological polar surface area (TPSA) is 67.6 Å². The summed E-state index contributed by atoms with van der Waals surface area (Å²) in [4.78, 5) is 13.3. The van der Waals surface area contributed by atoms with Crippen LogP contribution in [0.1, 0.15) is 24.9 Å². The van der Waals surface area contributed by atoms with Gasteiger partial charge in [-0.15, -0.1) is 0 Å². The number of halogens is 1. The van der Waals surface area contributed by atoms with Gasteiger partial charge in [-0.1, -0.05) is 6.07 Å². The van der Waals surface area contributed by atoms with Crippen molar-refractivity contribution in [2.45, 2.75) is 25.4 Å². The minimum absolute atomic E-state index is 0.00616. The zero-order chi connectivity index (χ0) is 14.7. The normalized spacial score (nSPS) is 19.8. The molecule has 1 aromatic rings. The molecule has 1 aliphatic heterocycles. The summed E-state index contributed by atoms with van der Waals surface area (Å²) in [6.07, 6.45) is 0.354. The predicted octanol–water partition coefficient (Wildman–Crippen LogP) is 1.78. The van der Waals surface area contributed by atoms with Crippen LogP contribution in [-0.2, 0) is 4.74 Å². The number of nitrogens with two attached hydrogens (primary N) is 1. The van der Waals surface area contributed by atoms with E-state index in [1.807, 2.05) is 11.0 Å². The van der Waals surface area contributed by atoms with Gasteiger partial charge in [-0.05, 0) is 25.5 Å². The zero-order valence-electron chi connectivity index (χ0n) is 11.7. The maximum absolute atomic E-state index is 13.9. The summed E-state index contributed by atoms with van der Waals surface area (Å²) in [6, 6.07) is 4.59. The Morgan fingerprint density at radius 1 is 1.60 bits per heavy atom. The molecule has 3 N–H and O–H groups in total. The number of benzene rings is 1. The number of ether oxygens (including phenoxy) is 1. The Kier molecular flexibility index (Phi) is 4.44. The summed E-state index contributed by atoms with van der Waals surface area (Å²) in [5.41, 5.74) is 7.18. The molecule has 1 amide bonds. The maximum atomic E-state index is 13.9. The number of alkyl carbamates (subject to hydrolysis) is 1. The summed E-state index contributed by atoms with van der Waals surface area (Å²) < 4.78 is 18.5. The minimum Gasteiger partial charge on any atom is -0.453 e. The smallest absolute Gasteiger partial charge is 0.407 e. The molecule has 1 fully saturated rings. The van der Waals surface area contributed by atoms with E-state index in [1.54, 1.807) is 13.0 Å². The first-order valence-electron chi connectivity index (χ1n) is 6.66. The number of anilines is 1. The van der Waals surface area contributed by atoms with Crippen LogP contribution in [0.3, 0.4) is 0 Å². The van der Waals surface area contributed by atoms with Gasteiger partial charge in [-0.25, -0.2) is 9.18 Å². The fourth-order valence-electron chi connectivity index (χ4n) is 2.57. The Bertz CT molecular complexity index is 493. The Balaban J connectivity index is 2.14. The molecule has 0 aliphatic carbocycles. The molecule has 0 bridgehead atoms. The lowest BCUT2D eigenvalue weighted by Gasteiger charge is -2.24. The summed E-state index contributed by atoms with van der Waals surface area (Å²) in [6.45, 7) is 3.14. The predicted molar refractivity (Wildman–Crippen MR) is 75.2 cm³/mol. The molecule has 1 aliphatic rings. The van der Waals surface area contributed by atoms with Crippen molar-refractivity contribution in [3.63, 3.8) is 0 Å². The van der Waals surface area contributed by atoms with Crippen LogP contribution in [0, 0.1) is 5.82 Å². The molecular formula is C14H20FN3O2. The molecule has 110 valence electrons. The summed E-state index contributed by atoms with van der Waals surface area (Å²) >= 11 is 0. The average molecular weight is 281 g/mol. The number of carbonyl (C=O) groups is 1. The number of rotatable bonds is 3. The Morgan fingerprint density at radius 2 is 2.35 bits per heavy atom. The number of nitrogens with one attached hydrogen (secondary N) is 1. The molecule has 0 radical (unpaired) electrons. The molecular weight excluding hydrogens is 261 g/mol. The molecule has 1 saturated heterocycles. The number of nitrogens with zero attached hydrogens (tertiary/aromatic N) is 1. The fourth-order valence-corrected chi connectivity index (χ4v) is 2.57. The molecule has 1 aromatic carbocycles. The van der Waals surface area contributed by atoms with Gasteiger partial charge >= 0.3 is 6.09 Å². The zero-order valence-corrected chi connectivity index (χ0v) is 11.7. The first-order chi connectivity index (χ1) is 9.52. The monoisotopic (exact) mass is 281 g/mol. The van der Waals surface area contributed by atoms with Gasteiger partial charge in [0.25, 0.3) is 0 Å². The second-order valence-corrected chi connectivity index (χ2v) is 5.03. The van der Waals surface area contributed by atoms with E-state index in [4.69, 9.17) is 5.73 Å². The van der Waals surface area contributed by atoms with Crippen LogP contribution in [-0.4, -0.2) is 32.3 Å².